The van der Waals surface area contributed by atoms with Crippen molar-refractivity contribution in [2.24, 2.45) is 0 Å². The minimum Gasteiger partial charge on any atom is -0.496 e. The molecule has 0 aliphatic rings. The molecule has 0 bridgehead atoms. The molecule has 158 valence electrons. The number of thiazole rings is 1. The monoisotopic (exact) mass is 436 g/mol. The normalized spacial score (nSPS) is 10.7. The van der Waals surface area contributed by atoms with Gasteiger partial charge >= 0.3 is 0 Å². The number of halogens is 1. The summed E-state index contributed by atoms with van der Waals surface area (Å²) in [4.78, 5) is 14.9. The van der Waals surface area contributed by atoms with Crippen molar-refractivity contribution >= 4 is 23.0 Å². The smallest absolute Gasteiger partial charge is 0.228 e. The first kappa shape index (κ1) is 20.7. The number of nitrogens with zero attached hydrogens (tertiary/aromatic N) is 3. The molecule has 4 rings (SSSR count). The lowest BCUT2D eigenvalue weighted by molar-refractivity contribution is 0.397. The molecule has 1 N–H and O–H groups in total. The van der Waals surface area contributed by atoms with Crippen LogP contribution in [-0.2, 0) is 0 Å². The molecule has 0 amide bonds. The number of nitrogens with one attached hydrogen (secondary N) is 1. The van der Waals surface area contributed by atoms with E-state index in [-0.39, 0.29) is 5.82 Å². The first-order valence-electron chi connectivity index (χ1n) is 9.56. The number of benzene rings is 2. The number of rotatable bonds is 6. The van der Waals surface area contributed by atoms with Crippen LogP contribution >= 0.6 is 11.3 Å². The van der Waals surface area contributed by atoms with E-state index in [0.717, 1.165) is 26.8 Å². The number of methoxy groups -OCH3 is 2. The van der Waals surface area contributed by atoms with Gasteiger partial charge in [-0.1, -0.05) is 6.07 Å². The first-order valence-corrected chi connectivity index (χ1v) is 10.4. The zero-order valence-corrected chi connectivity index (χ0v) is 18.4. The van der Waals surface area contributed by atoms with Gasteiger partial charge in [0.25, 0.3) is 0 Å². The predicted octanol–water partition coefficient (Wildman–Crippen LogP) is 5.78. The number of aryl methyl sites for hydroxylation is 2. The van der Waals surface area contributed by atoms with Crippen LogP contribution in [0.3, 0.4) is 0 Å². The van der Waals surface area contributed by atoms with Crippen molar-refractivity contribution in [3.8, 4) is 33.3 Å². The highest BCUT2D eigenvalue weighted by molar-refractivity contribution is 7.15. The van der Waals surface area contributed by atoms with Gasteiger partial charge in [-0.3, -0.25) is 0 Å². The summed E-state index contributed by atoms with van der Waals surface area (Å²) in [6, 6.07) is 13.5. The van der Waals surface area contributed by atoms with Gasteiger partial charge in [0.1, 0.15) is 17.3 Å². The Morgan fingerprint density at radius 1 is 0.871 bits per heavy atom. The van der Waals surface area contributed by atoms with Gasteiger partial charge in [0.05, 0.1) is 46.7 Å². The fraction of sp³-hybridized carbons (Fsp3) is 0.174. The van der Waals surface area contributed by atoms with E-state index < -0.39 is 0 Å². The topological polar surface area (TPSA) is 69.2 Å². The highest BCUT2D eigenvalue weighted by Gasteiger charge is 2.19. The van der Waals surface area contributed by atoms with Gasteiger partial charge in [-0.25, -0.2) is 19.3 Å². The predicted molar refractivity (Wildman–Crippen MR) is 121 cm³/mol. The van der Waals surface area contributed by atoms with Crippen molar-refractivity contribution in [3.63, 3.8) is 0 Å². The Bertz CT molecular complexity index is 1200. The van der Waals surface area contributed by atoms with E-state index in [9.17, 15) is 4.39 Å². The average molecular weight is 437 g/mol. The molecular weight excluding hydrogens is 415 g/mol. The molecule has 2 heterocycles. The zero-order chi connectivity index (χ0) is 22.0. The number of aromatic nitrogens is 3. The molecule has 0 atom stereocenters. The van der Waals surface area contributed by atoms with Gasteiger partial charge in [-0.05, 0) is 56.3 Å². The summed E-state index contributed by atoms with van der Waals surface area (Å²) in [5, 5.41) is 4.12. The summed E-state index contributed by atoms with van der Waals surface area (Å²) in [5.74, 6) is 1.33. The van der Waals surface area contributed by atoms with Crippen molar-refractivity contribution in [1.82, 2.24) is 15.0 Å². The Kier molecular flexibility index (Phi) is 5.81. The summed E-state index contributed by atoms with van der Waals surface area (Å²) in [6.07, 6.45) is 0. The molecule has 31 heavy (non-hydrogen) atoms. The Morgan fingerprint density at radius 3 is 2.10 bits per heavy atom. The molecule has 0 radical (unpaired) electrons. The maximum Gasteiger partial charge on any atom is 0.228 e. The summed E-state index contributed by atoms with van der Waals surface area (Å²) in [7, 11) is 3.21. The van der Waals surface area contributed by atoms with Gasteiger partial charge in [-0.15, -0.1) is 11.3 Å². The zero-order valence-electron chi connectivity index (χ0n) is 17.6. The third-order valence-corrected chi connectivity index (χ3v) is 5.74. The van der Waals surface area contributed by atoms with Crippen molar-refractivity contribution in [2.75, 3.05) is 19.5 Å². The van der Waals surface area contributed by atoms with Crippen LogP contribution in [0.1, 0.15) is 10.7 Å². The second-order valence-corrected chi connectivity index (χ2v) is 7.98. The Labute approximate surface area is 183 Å². The van der Waals surface area contributed by atoms with E-state index >= 15 is 0 Å². The van der Waals surface area contributed by atoms with Crippen LogP contribution < -0.4 is 14.8 Å². The molecule has 6 nitrogen and oxygen atoms in total. The number of hydrogen-bond donors (Lipinski definition) is 1. The van der Waals surface area contributed by atoms with Crippen LogP contribution in [0.5, 0.6) is 11.5 Å². The van der Waals surface area contributed by atoms with Crippen LogP contribution in [0, 0.1) is 19.7 Å². The van der Waals surface area contributed by atoms with Crippen LogP contribution in [0.25, 0.3) is 21.8 Å². The van der Waals surface area contributed by atoms with Crippen molar-refractivity contribution in [2.45, 2.75) is 13.8 Å². The standard InChI is InChI=1S/C23H21FN4O2S/c1-13-22(31-14(2)25-13)18-12-17(21-19(29-3)6-5-7-20(21)30-4)27-23(28-18)26-16-10-8-15(24)9-11-16/h5-12H,1-4H3,(H,26,27,28). The molecule has 0 spiro atoms. The highest BCUT2D eigenvalue weighted by atomic mass is 32.1. The van der Waals surface area contributed by atoms with Crippen molar-refractivity contribution < 1.29 is 13.9 Å². The van der Waals surface area contributed by atoms with E-state index in [1.165, 1.54) is 12.1 Å². The molecule has 4 aromatic rings. The molecule has 2 aromatic carbocycles. The fourth-order valence-electron chi connectivity index (χ4n) is 3.28. The SMILES string of the molecule is COc1cccc(OC)c1-c1cc(-c2sc(C)nc2C)nc(Nc2ccc(F)cc2)n1. The number of anilines is 2. The second-order valence-electron chi connectivity index (χ2n) is 6.78. The van der Waals surface area contributed by atoms with E-state index in [0.29, 0.717) is 28.8 Å². The van der Waals surface area contributed by atoms with Crippen LogP contribution in [0.15, 0.2) is 48.5 Å². The highest BCUT2D eigenvalue weighted by Crippen LogP contribution is 2.40. The molecule has 2 aromatic heterocycles. The van der Waals surface area contributed by atoms with E-state index in [1.54, 1.807) is 37.7 Å². The van der Waals surface area contributed by atoms with Gasteiger partial charge in [0.2, 0.25) is 5.95 Å². The van der Waals surface area contributed by atoms with Gasteiger partial charge in [-0.2, -0.15) is 0 Å². The van der Waals surface area contributed by atoms with E-state index in [4.69, 9.17) is 19.4 Å². The minimum atomic E-state index is -0.310. The lowest BCUT2D eigenvalue weighted by Crippen LogP contribution is -2.02. The molecule has 0 saturated carbocycles. The fourth-order valence-corrected chi connectivity index (χ4v) is 4.16. The van der Waals surface area contributed by atoms with E-state index in [1.807, 2.05) is 38.1 Å². The summed E-state index contributed by atoms with van der Waals surface area (Å²) in [5.41, 5.74) is 3.65. The third-order valence-electron chi connectivity index (χ3n) is 4.65. The minimum absolute atomic E-state index is 0.310. The average Bonchev–Trinajstić information content (AvgIpc) is 3.12. The molecule has 0 fully saturated rings. The summed E-state index contributed by atoms with van der Waals surface area (Å²) < 4.78 is 24.5. The summed E-state index contributed by atoms with van der Waals surface area (Å²) >= 11 is 1.57. The lowest BCUT2D eigenvalue weighted by atomic mass is 10.1. The van der Waals surface area contributed by atoms with Crippen molar-refractivity contribution in [1.29, 1.82) is 0 Å². The van der Waals surface area contributed by atoms with Crippen molar-refractivity contribution in [3.05, 3.63) is 65.0 Å². The lowest BCUT2D eigenvalue weighted by Gasteiger charge is -2.15. The quantitative estimate of drug-likeness (QED) is 0.413. The first-order chi connectivity index (χ1) is 15.0. The van der Waals surface area contributed by atoms with Crippen LogP contribution in [-0.4, -0.2) is 29.2 Å². The molecule has 0 aliphatic carbocycles. The third kappa shape index (κ3) is 4.34. The second kappa shape index (κ2) is 8.69. The van der Waals surface area contributed by atoms with E-state index in [2.05, 4.69) is 10.3 Å². The Hall–Kier alpha value is -3.52. The van der Waals surface area contributed by atoms with Gasteiger partial charge < -0.3 is 14.8 Å². The van der Waals surface area contributed by atoms with Crippen LogP contribution in [0.2, 0.25) is 0 Å². The summed E-state index contributed by atoms with van der Waals surface area (Å²) in [6.45, 7) is 3.92. The maximum atomic E-state index is 13.3. The largest absolute Gasteiger partial charge is 0.496 e. The molecule has 0 unspecified atom stereocenters. The maximum absolute atomic E-state index is 13.3. The number of ether oxygens (including phenoxy) is 2. The van der Waals surface area contributed by atoms with Crippen LogP contribution in [0.4, 0.5) is 16.0 Å². The molecule has 0 saturated heterocycles. The molecule has 8 heteroatoms. The Morgan fingerprint density at radius 2 is 1.52 bits per heavy atom. The number of hydrogen-bond acceptors (Lipinski definition) is 7. The Balaban J connectivity index is 1.90. The molecular formula is C23H21FN4O2S. The van der Waals surface area contributed by atoms with Gasteiger partial charge in [0, 0.05) is 5.69 Å². The van der Waals surface area contributed by atoms with Gasteiger partial charge in [0.15, 0.2) is 0 Å². The molecule has 0 aliphatic heterocycles.